The van der Waals surface area contributed by atoms with Crippen LogP contribution >= 0.6 is 11.6 Å². The molecule has 4 heteroatoms. The Bertz CT molecular complexity index is 684. The molecule has 1 aromatic heterocycles. The monoisotopic (exact) mass is 287 g/mol. The van der Waals surface area contributed by atoms with Crippen LogP contribution in [-0.2, 0) is 5.54 Å². The number of rotatable bonds is 3. The molecule has 3 nitrogen and oxygen atoms in total. The highest BCUT2D eigenvalue weighted by molar-refractivity contribution is 6.20. The van der Waals surface area contributed by atoms with Gasteiger partial charge in [0, 0.05) is 5.54 Å². The van der Waals surface area contributed by atoms with Crippen molar-refractivity contribution in [2.75, 3.05) is 0 Å². The first-order valence-corrected chi connectivity index (χ1v) is 7.62. The quantitative estimate of drug-likeness (QED) is 0.780. The molecule has 0 saturated heterocycles. The average Bonchev–Trinajstić information content (AvgIpc) is 2.78. The Morgan fingerprint density at radius 2 is 2.25 bits per heavy atom. The van der Waals surface area contributed by atoms with Gasteiger partial charge in [-0.2, -0.15) is 5.26 Å². The highest BCUT2D eigenvalue weighted by atomic mass is 35.5. The molecule has 1 unspecified atom stereocenters. The van der Waals surface area contributed by atoms with Gasteiger partial charge in [0.05, 0.1) is 28.0 Å². The third-order valence-corrected chi connectivity index (χ3v) is 4.78. The lowest BCUT2D eigenvalue weighted by Gasteiger charge is -2.44. The van der Waals surface area contributed by atoms with Crippen molar-refractivity contribution in [3.8, 4) is 6.07 Å². The minimum atomic E-state index is -0.128. The fraction of sp³-hybridized carbons (Fsp3) is 0.500. The number of fused-ring (bicyclic) bond motifs is 1. The lowest BCUT2D eigenvalue weighted by atomic mass is 9.74. The first-order chi connectivity index (χ1) is 9.61. The summed E-state index contributed by atoms with van der Waals surface area (Å²) in [6, 6.07) is 7.91. The van der Waals surface area contributed by atoms with E-state index in [1.807, 2.05) is 25.1 Å². The lowest BCUT2D eigenvalue weighted by Crippen LogP contribution is -2.41. The predicted molar refractivity (Wildman–Crippen MR) is 80.8 cm³/mol. The fourth-order valence-electron chi connectivity index (χ4n) is 3.25. The molecule has 1 heterocycles. The standard InChI is InChI=1S/C16H18ClN3/c1-3-16(7-4-8-16)20-14-9-12(10-18)5-6-13(14)19-15(20)11(2)17/h5-6,9,11H,3-4,7-8H2,1-2H3. The van der Waals surface area contributed by atoms with E-state index in [0.29, 0.717) is 5.56 Å². The third-order valence-electron chi connectivity index (χ3n) is 4.58. The van der Waals surface area contributed by atoms with E-state index in [0.717, 1.165) is 23.3 Å². The van der Waals surface area contributed by atoms with Crippen molar-refractivity contribution < 1.29 is 0 Å². The van der Waals surface area contributed by atoms with E-state index in [9.17, 15) is 0 Å². The second kappa shape index (κ2) is 4.79. The summed E-state index contributed by atoms with van der Waals surface area (Å²) in [5.41, 5.74) is 2.80. The van der Waals surface area contributed by atoms with Gasteiger partial charge in [-0.15, -0.1) is 11.6 Å². The van der Waals surface area contributed by atoms with Crippen LogP contribution in [0.2, 0.25) is 0 Å². The van der Waals surface area contributed by atoms with Gasteiger partial charge in [-0.05, 0) is 50.8 Å². The van der Waals surface area contributed by atoms with Crippen molar-refractivity contribution in [2.24, 2.45) is 0 Å². The van der Waals surface area contributed by atoms with E-state index in [2.05, 4.69) is 17.6 Å². The Kier molecular flexibility index (Phi) is 3.22. The van der Waals surface area contributed by atoms with Crippen molar-refractivity contribution in [1.29, 1.82) is 5.26 Å². The molecule has 1 fully saturated rings. The molecular weight excluding hydrogens is 270 g/mol. The summed E-state index contributed by atoms with van der Waals surface area (Å²) in [6.45, 7) is 4.19. The molecule has 0 radical (unpaired) electrons. The van der Waals surface area contributed by atoms with E-state index >= 15 is 0 Å². The second-order valence-electron chi connectivity index (χ2n) is 5.67. The van der Waals surface area contributed by atoms with Crippen molar-refractivity contribution in [2.45, 2.75) is 50.4 Å². The molecule has 2 aromatic rings. The molecule has 0 bridgehead atoms. The molecule has 0 spiro atoms. The Morgan fingerprint density at radius 1 is 1.50 bits per heavy atom. The van der Waals surface area contributed by atoms with Gasteiger partial charge in [0.15, 0.2) is 0 Å². The van der Waals surface area contributed by atoms with Gasteiger partial charge in [-0.25, -0.2) is 4.98 Å². The molecule has 20 heavy (non-hydrogen) atoms. The second-order valence-corrected chi connectivity index (χ2v) is 6.32. The largest absolute Gasteiger partial charge is 0.320 e. The Balaban J connectivity index is 2.31. The van der Waals surface area contributed by atoms with Crippen LogP contribution in [0.4, 0.5) is 0 Å². The Labute approximate surface area is 124 Å². The number of hydrogen-bond donors (Lipinski definition) is 0. The minimum Gasteiger partial charge on any atom is -0.320 e. The summed E-state index contributed by atoms with van der Waals surface area (Å²) in [5.74, 6) is 0.929. The smallest absolute Gasteiger partial charge is 0.128 e. The van der Waals surface area contributed by atoms with Crippen molar-refractivity contribution in [3.05, 3.63) is 29.6 Å². The minimum absolute atomic E-state index is 0.128. The maximum atomic E-state index is 9.13. The first-order valence-electron chi connectivity index (χ1n) is 7.18. The molecule has 104 valence electrons. The van der Waals surface area contributed by atoms with Crippen LogP contribution < -0.4 is 0 Å². The number of imidazole rings is 1. The summed E-state index contributed by atoms with van der Waals surface area (Å²) in [7, 11) is 0. The molecule has 1 atom stereocenters. The summed E-state index contributed by atoms with van der Waals surface area (Å²) < 4.78 is 2.31. The molecule has 1 aliphatic carbocycles. The van der Waals surface area contributed by atoms with Gasteiger partial charge in [-0.3, -0.25) is 0 Å². The third kappa shape index (κ3) is 1.83. The summed E-state index contributed by atoms with van der Waals surface area (Å²) in [5, 5.41) is 9.00. The van der Waals surface area contributed by atoms with E-state index in [-0.39, 0.29) is 10.9 Å². The topological polar surface area (TPSA) is 41.6 Å². The van der Waals surface area contributed by atoms with Crippen LogP contribution in [0.3, 0.4) is 0 Å². The number of hydrogen-bond acceptors (Lipinski definition) is 2. The molecule has 3 rings (SSSR count). The molecule has 0 N–H and O–H groups in total. The maximum Gasteiger partial charge on any atom is 0.128 e. The average molecular weight is 288 g/mol. The highest BCUT2D eigenvalue weighted by Crippen LogP contribution is 2.46. The Morgan fingerprint density at radius 3 is 2.75 bits per heavy atom. The number of alkyl halides is 1. The van der Waals surface area contributed by atoms with Gasteiger partial charge in [0.2, 0.25) is 0 Å². The van der Waals surface area contributed by atoms with Gasteiger partial charge in [-0.1, -0.05) is 6.92 Å². The first kappa shape index (κ1) is 13.5. The van der Waals surface area contributed by atoms with Gasteiger partial charge in [0.25, 0.3) is 0 Å². The molecular formula is C16H18ClN3. The normalized spacial score (nSPS) is 18.5. The van der Waals surface area contributed by atoms with E-state index in [4.69, 9.17) is 21.8 Å². The van der Waals surface area contributed by atoms with E-state index in [1.165, 1.54) is 19.3 Å². The summed E-state index contributed by atoms with van der Waals surface area (Å²) in [4.78, 5) is 4.71. The van der Waals surface area contributed by atoms with Crippen LogP contribution in [0.1, 0.15) is 56.3 Å². The number of nitriles is 1. The molecule has 0 aliphatic heterocycles. The van der Waals surface area contributed by atoms with Crippen molar-refractivity contribution in [3.63, 3.8) is 0 Å². The van der Waals surface area contributed by atoms with Gasteiger partial charge >= 0.3 is 0 Å². The van der Waals surface area contributed by atoms with Gasteiger partial charge in [0.1, 0.15) is 5.82 Å². The zero-order chi connectivity index (χ0) is 14.3. The van der Waals surface area contributed by atoms with Crippen LogP contribution in [0.25, 0.3) is 11.0 Å². The molecule has 1 aliphatic rings. The molecule has 1 aromatic carbocycles. The number of aromatic nitrogens is 2. The summed E-state index contributed by atoms with van der Waals surface area (Å²) in [6.07, 6.45) is 4.66. The zero-order valence-corrected chi connectivity index (χ0v) is 12.6. The number of nitrogens with zero attached hydrogens (tertiary/aromatic N) is 3. The SMILES string of the molecule is CCC1(n2c(C(C)Cl)nc3ccc(C#N)cc32)CCC1. The Hall–Kier alpha value is -1.53. The van der Waals surface area contributed by atoms with Crippen LogP contribution in [0.5, 0.6) is 0 Å². The van der Waals surface area contributed by atoms with Crippen LogP contribution in [0.15, 0.2) is 18.2 Å². The van der Waals surface area contributed by atoms with Crippen molar-refractivity contribution in [1.82, 2.24) is 9.55 Å². The number of benzene rings is 1. The molecule has 1 saturated carbocycles. The van der Waals surface area contributed by atoms with E-state index < -0.39 is 0 Å². The van der Waals surface area contributed by atoms with Crippen LogP contribution in [0, 0.1) is 11.3 Å². The lowest BCUT2D eigenvalue weighted by molar-refractivity contribution is 0.137. The van der Waals surface area contributed by atoms with E-state index in [1.54, 1.807) is 0 Å². The maximum absolute atomic E-state index is 9.13. The number of halogens is 1. The van der Waals surface area contributed by atoms with Crippen LogP contribution in [-0.4, -0.2) is 9.55 Å². The highest BCUT2D eigenvalue weighted by Gasteiger charge is 2.40. The zero-order valence-electron chi connectivity index (χ0n) is 11.9. The fourth-order valence-corrected chi connectivity index (χ4v) is 3.40. The predicted octanol–water partition coefficient (Wildman–Crippen LogP) is 4.50. The molecule has 0 amide bonds. The van der Waals surface area contributed by atoms with Gasteiger partial charge < -0.3 is 4.57 Å². The van der Waals surface area contributed by atoms with Crippen molar-refractivity contribution >= 4 is 22.6 Å². The summed E-state index contributed by atoms with van der Waals surface area (Å²) >= 11 is 6.35.